The quantitative estimate of drug-likeness (QED) is 0.274. The summed E-state index contributed by atoms with van der Waals surface area (Å²) < 4.78 is 0. The van der Waals surface area contributed by atoms with E-state index in [2.05, 4.69) is 22.7 Å². The zero-order valence-electron chi connectivity index (χ0n) is 5.65. The fourth-order valence-electron chi connectivity index (χ4n) is 0.629. The first-order valence-electron chi connectivity index (χ1n) is 2.89. The van der Waals surface area contributed by atoms with Crippen LogP contribution in [0.5, 0.6) is 0 Å². The summed E-state index contributed by atoms with van der Waals surface area (Å²) in [6.07, 6.45) is 0.840. The van der Waals surface area contributed by atoms with E-state index in [0.717, 1.165) is 6.42 Å². The first-order valence-corrected chi connectivity index (χ1v) is 3.40. The summed E-state index contributed by atoms with van der Waals surface area (Å²) in [5.41, 5.74) is 7.98. The lowest BCUT2D eigenvalue weighted by atomic mass is 10.2. The first-order chi connectivity index (χ1) is 4.16. The Kier molecular flexibility index (Phi) is 4.36. The summed E-state index contributed by atoms with van der Waals surface area (Å²) in [4.78, 5) is 2.68. The van der Waals surface area contributed by atoms with Crippen LogP contribution in [-0.4, -0.2) is 11.3 Å². The molecule has 0 fully saturated rings. The van der Waals surface area contributed by atoms with Gasteiger partial charge in [-0.3, -0.25) is 0 Å². The van der Waals surface area contributed by atoms with Crippen molar-refractivity contribution in [1.82, 2.24) is 0 Å². The average molecular weight is 145 g/mol. The smallest absolute Gasteiger partial charge is 0.0356 e. The fourth-order valence-corrected chi connectivity index (χ4v) is 0.934. The molecule has 0 spiro atoms. The fraction of sp³-hybridized carbons (Fsp3) is 1.00. The van der Waals surface area contributed by atoms with E-state index in [1.807, 2.05) is 13.8 Å². The van der Waals surface area contributed by atoms with Gasteiger partial charge in [0.1, 0.15) is 0 Å². The molecule has 2 atom stereocenters. The molecule has 0 bridgehead atoms. The van der Waals surface area contributed by atoms with Crippen molar-refractivity contribution < 1.29 is 0 Å². The normalized spacial score (nSPS) is 15.9. The molecule has 0 aliphatic heterocycles. The van der Waals surface area contributed by atoms with Crippen LogP contribution in [0.25, 0.3) is 10.4 Å². The van der Waals surface area contributed by atoms with Crippen LogP contribution in [0.1, 0.15) is 20.3 Å². The van der Waals surface area contributed by atoms with E-state index in [-0.39, 0.29) is 6.04 Å². The van der Waals surface area contributed by atoms with Crippen molar-refractivity contribution in [2.24, 2.45) is 5.11 Å². The minimum atomic E-state index is 0.0718. The Morgan fingerprint density at radius 1 is 1.67 bits per heavy atom. The zero-order valence-corrected chi connectivity index (χ0v) is 6.55. The molecule has 0 heterocycles. The number of azide groups is 1. The third-order valence-corrected chi connectivity index (χ3v) is 1.14. The van der Waals surface area contributed by atoms with E-state index < -0.39 is 0 Å². The highest BCUT2D eigenvalue weighted by molar-refractivity contribution is 7.80. The largest absolute Gasteiger partial charge is 0.176 e. The van der Waals surface area contributed by atoms with Crippen molar-refractivity contribution in [3.63, 3.8) is 0 Å². The van der Waals surface area contributed by atoms with Crippen LogP contribution in [0.2, 0.25) is 0 Å². The lowest BCUT2D eigenvalue weighted by Gasteiger charge is -2.04. The molecule has 0 radical (unpaired) electrons. The van der Waals surface area contributed by atoms with Crippen molar-refractivity contribution >= 4 is 12.6 Å². The standard InChI is InChI=1S/C5H11N3S/c1-4(7-8-6)3-5(2)9/h4-5,9H,3H2,1-2H3/t4-,5?/m1/s1. The number of hydrogen-bond acceptors (Lipinski definition) is 2. The van der Waals surface area contributed by atoms with Gasteiger partial charge in [-0.1, -0.05) is 19.0 Å². The molecule has 0 N–H and O–H groups in total. The van der Waals surface area contributed by atoms with E-state index in [1.54, 1.807) is 0 Å². The Hall–Kier alpha value is -0.340. The molecular formula is C5H11N3S. The molecule has 0 aliphatic rings. The highest BCUT2D eigenvalue weighted by Gasteiger charge is 2.00. The maximum atomic E-state index is 7.98. The summed E-state index contributed by atoms with van der Waals surface area (Å²) in [5.74, 6) is 0. The van der Waals surface area contributed by atoms with Gasteiger partial charge in [0.25, 0.3) is 0 Å². The minimum Gasteiger partial charge on any atom is -0.176 e. The topological polar surface area (TPSA) is 48.8 Å². The molecule has 0 aromatic rings. The van der Waals surface area contributed by atoms with Gasteiger partial charge >= 0.3 is 0 Å². The minimum absolute atomic E-state index is 0.0718. The van der Waals surface area contributed by atoms with Crippen molar-refractivity contribution in [3.8, 4) is 0 Å². The molecule has 52 valence electrons. The molecule has 4 heteroatoms. The lowest BCUT2D eigenvalue weighted by Crippen LogP contribution is -2.03. The van der Waals surface area contributed by atoms with E-state index in [4.69, 9.17) is 5.53 Å². The van der Waals surface area contributed by atoms with E-state index in [9.17, 15) is 0 Å². The number of rotatable bonds is 3. The van der Waals surface area contributed by atoms with Gasteiger partial charge in [-0.05, 0) is 17.2 Å². The Morgan fingerprint density at radius 2 is 2.22 bits per heavy atom. The van der Waals surface area contributed by atoms with Gasteiger partial charge in [0.15, 0.2) is 0 Å². The van der Waals surface area contributed by atoms with Gasteiger partial charge in [-0.2, -0.15) is 12.6 Å². The summed E-state index contributed by atoms with van der Waals surface area (Å²) in [5, 5.41) is 3.81. The highest BCUT2D eigenvalue weighted by Crippen LogP contribution is 2.06. The van der Waals surface area contributed by atoms with E-state index >= 15 is 0 Å². The van der Waals surface area contributed by atoms with Crippen LogP contribution < -0.4 is 0 Å². The van der Waals surface area contributed by atoms with Crippen molar-refractivity contribution in [3.05, 3.63) is 10.4 Å². The molecule has 0 aromatic carbocycles. The van der Waals surface area contributed by atoms with E-state index in [0.29, 0.717) is 5.25 Å². The zero-order chi connectivity index (χ0) is 7.28. The van der Waals surface area contributed by atoms with Crippen molar-refractivity contribution in [2.45, 2.75) is 31.6 Å². The first kappa shape index (κ1) is 8.66. The number of hydrogen-bond donors (Lipinski definition) is 1. The summed E-state index contributed by atoms with van der Waals surface area (Å²) in [6.45, 7) is 3.86. The summed E-state index contributed by atoms with van der Waals surface area (Å²) in [6, 6.07) is 0.0718. The second-order valence-electron chi connectivity index (χ2n) is 2.14. The van der Waals surface area contributed by atoms with Gasteiger partial charge in [0, 0.05) is 11.0 Å². The Morgan fingerprint density at radius 3 is 2.56 bits per heavy atom. The summed E-state index contributed by atoms with van der Waals surface area (Å²) >= 11 is 4.15. The maximum Gasteiger partial charge on any atom is 0.0356 e. The highest BCUT2D eigenvalue weighted by atomic mass is 32.1. The molecule has 0 amide bonds. The van der Waals surface area contributed by atoms with Crippen LogP contribution in [-0.2, 0) is 0 Å². The van der Waals surface area contributed by atoms with Gasteiger partial charge in [-0.25, -0.2) is 0 Å². The predicted molar refractivity (Wildman–Crippen MR) is 41.7 cm³/mol. The van der Waals surface area contributed by atoms with Crippen LogP contribution >= 0.6 is 12.6 Å². The van der Waals surface area contributed by atoms with E-state index in [1.165, 1.54) is 0 Å². The molecule has 0 aromatic heterocycles. The van der Waals surface area contributed by atoms with Gasteiger partial charge < -0.3 is 0 Å². The molecule has 0 aliphatic carbocycles. The molecule has 1 unspecified atom stereocenters. The van der Waals surface area contributed by atoms with Crippen molar-refractivity contribution in [2.75, 3.05) is 0 Å². The van der Waals surface area contributed by atoms with Gasteiger partial charge in [-0.15, -0.1) is 0 Å². The van der Waals surface area contributed by atoms with Gasteiger partial charge in [0.05, 0.1) is 0 Å². The second-order valence-corrected chi connectivity index (χ2v) is 3.02. The monoisotopic (exact) mass is 145 g/mol. The van der Waals surface area contributed by atoms with Crippen LogP contribution in [0.3, 0.4) is 0 Å². The average Bonchev–Trinajstić information content (AvgIpc) is 1.63. The molecule has 0 rings (SSSR count). The van der Waals surface area contributed by atoms with Crippen LogP contribution in [0.15, 0.2) is 5.11 Å². The lowest BCUT2D eigenvalue weighted by molar-refractivity contribution is 0.661. The number of thiol groups is 1. The molecule has 0 saturated heterocycles. The molecular weight excluding hydrogens is 134 g/mol. The molecule has 3 nitrogen and oxygen atoms in total. The van der Waals surface area contributed by atoms with Gasteiger partial charge in [0.2, 0.25) is 0 Å². The van der Waals surface area contributed by atoms with Crippen LogP contribution in [0, 0.1) is 0 Å². The van der Waals surface area contributed by atoms with Crippen LogP contribution in [0.4, 0.5) is 0 Å². The maximum absolute atomic E-state index is 7.98. The van der Waals surface area contributed by atoms with Crippen molar-refractivity contribution in [1.29, 1.82) is 0 Å². The molecule has 9 heavy (non-hydrogen) atoms. The Balaban J connectivity index is 3.49. The summed E-state index contributed by atoms with van der Waals surface area (Å²) in [7, 11) is 0. The predicted octanol–water partition coefficient (Wildman–Crippen LogP) is 2.39. The second kappa shape index (κ2) is 4.53. The Bertz CT molecular complexity index is 117. The SMILES string of the molecule is CC(S)C[C@@H](C)N=[N+]=[N-]. The Labute approximate surface area is 60.5 Å². The third-order valence-electron chi connectivity index (χ3n) is 0.931. The third kappa shape index (κ3) is 5.53. The molecule has 0 saturated carbocycles. The number of nitrogens with zero attached hydrogens (tertiary/aromatic N) is 3.